The van der Waals surface area contributed by atoms with Gasteiger partial charge in [0, 0.05) is 30.2 Å². The lowest BCUT2D eigenvalue weighted by Crippen LogP contribution is -2.40. The Balaban J connectivity index is 1.56. The van der Waals surface area contributed by atoms with Crippen LogP contribution in [-0.2, 0) is 19.4 Å². The number of rotatable bonds is 6. The molecule has 0 saturated heterocycles. The van der Waals surface area contributed by atoms with Gasteiger partial charge in [-0.25, -0.2) is 0 Å². The van der Waals surface area contributed by atoms with E-state index in [0.29, 0.717) is 24.5 Å². The molecular weight excluding hydrogens is 512 g/mol. The summed E-state index contributed by atoms with van der Waals surface area (Å²) in [6.45, 7) is 3.62. The Bertz CT molecular complexity index is 1360. The van der Waals surface area contributed by atoms with E-state index in [-0.39, 0.29) is 11.9 Å². The molecule has 0 fully saturated rings. The monoisotopic (exact) mass is 538 g/mol. The zero-order valence-electron chi connectivity index (χ0n) is 19.5. The van der Waals surface area contributed by atoms with Crippen molar-refractivity contribution in [3.05, 3.63) is 80.1 Å². The zero-order valence-corrected chi connectivity index (χ0v) is 21.9. The molecule has 0 bridgehead atoms. The number of hydrogen-bond acceptors (Lipinski definition) is 4. The first-order valence-electron chi connectivity index (χ1n) is 11.4. The summed E-state index contributed by atoms with van der Waals surface area (Å²) in [6, 6.07) is 14.1. The number of amides is 1. The molecular formula is C27H27BrN2O3S. The number of fused-ring (bicyclic) bond motifs is 2. The number of halogens is 1. The number of thiophene rings is 1. The maximum Gasteiger partial charge on any atom is 0.256 e. The number of aryl methyl sites for hydroxylation is 1. The van der Waals surface area contributed by atoms with Crippen LogP contribution in [0.1, 0.15) is 40.0 Å². The smallest absolute Gasteiger partial charge is 0.256 e. The van der Waals surface area contributed by atoms with Crippen molar-refractivity contribution in [2.75, 3.05) is 20.8 Å². The summed E-state index contributed by atoms with van der Waals surface area (Å²) in [4.78, 5) is 16.1. The van der Waals surface area contributed by atoms with Crippen LogP contribution in [0.5, 0.6) is 11.5 Å². The van der Waals surface area contributed by atoms with Crippen LogP contribution in [0, 0.1) is 0 Å². The van der Waals surface area contributed by atoms with Crippen LogP contribution in [0.15, 0.2) is 57.8 Å². The third-order valence-electron chi connectivity index (χ3n) is 6.71. The number of hydrogen-bond donors (Lipinski definition) is 0. The van der Waals surface area contributed by atoms with E-state index in [0.717, 1.165) is 38.8 Å². The maximum absolute atomic E-state index is 14.0. The van der Waals surface area contributed by atoms with Gasteiger partial charge in [-0.2, -0.15) is 0 Å². The van der Waals surface area contributed by atoms with Crippen LogP contribution in [0.25, 0.3) is 10.9 Å². The second-order valence-electron chi connectivity index (χ2n) is 8.45. The van der Waals surface area contributed by atoms with Gasteiger partial charge in [0.05, 0.1) is 29.6 Å². The molecule has 2 aromatic carbocycles. The summed E-state index contributed by atoms with van der Waals surface area (Å²) in [6.07, 6.45) is 3.56. The molecule has 0 saturated carbocycles. The molecule has 7 heteroatoms. The molecule has 1 unspecified atom stereocenters. The number of benzene rings is 2. The number of nitrogens with zero attached hydrogens (tertiary/aromatic N) is 2. The molecule has 0 radical (unpaired) electrons. The first-order chi connectivity index (χ1) is 16.5. The van der Waals surface area contributed by atoms with Crippen LogP contribution in [0.2, 0.25) is 0 Å². The highest BCUT2D eigenvalue weighted by Crippen LogP contribution is 2.41. The summed E-state index contributed by atoms with van der Waals surface area (Å²) in [5, 5.41) is 3.20. The largest absolute Gasteiger partial charge is 0.493 e. The summed E-state index contributed by atoms with van der Waals surface area (Å²) in [5.41, 5.74) is 5.51. The maximum atomic E-state index is 14.0. The molecule has 1 aliphatic heterocycles. The molecule has 1 aliphatic rings. The second kappa shape index (κ2) is 9.47. The zero-order chi connectivity index (χ0) is 23.8. The molecule has 0 aliphatic carbocycles. The molecule has 176 valence electrons. The highest BCUT2D eigenvalue weighted by Gasteiger charge is 2.34. The molecule has 1 atom stereocenters. The van der Waals surface area contributed by atoms with E-state index >= 15 is 0 Å². The summed E-state index contributed by atoms with van der Waals surface area (Å²) in [5.74, 6) is 1.49. The van der Waals surface area contributed by atoms with Crippen LogP contribution in [0.3, 0.4) is 0 Å². The molecule has 4 aromatic rings. The van der Waals surface area contributed by atoms with E-state index < -0.39 is 0 Å². The van der Waals surface area contributed by atoms with Gasteiger partial charge in [-0.05, 0) is 76.0 Å². The third kappa shape index (κ3) is 3.91. The predicted molar refractivity (Wildman–Crippen MR) is 140 cm³/mol. The van der Waals surface area contributed by atoms with Crippen molar-refractivity contribution in [2.24, 2.45) is 0 Å². The average Bonchev–Trinajstić information content (AvgIpc) is 3.44. The summed E-state index contributed by atoms with van der Waals surface area (Å²) in [7, 11) is 3.29. The molecule has 0 N–H and O–H groups in total. The predicted octanol–water partition coefficient (Wildman–Crippen LogP) is 6.48. The van der Waals surface area contributed by atoms with Gasteiger partial charge in [-0.1, -0.05) is 24.3 Å². The lowest BCUT2D eigenvalue weighted by Gasteiger charge is -2.36. The topological polar surface area (TPSA) is 43.7 Å². The van der Waals surface area contributed by atoms with Crippen molar-refractivity contribution in [3.8, 4) is 11.5 Å². The normalized spacial score (nSPS) is 15.4. The van der Waals surface area contributed by atoms with Gasteiger partial charge in [-0.15, -0.1) is 11.3 Å². The molecule has 2 aromatic heterocycles. The van der Waals surface area contributed by atoms with Crippen molar-refractivity contribution in [1.29, 1.82) is 0 Å². The van der Waals surface area contributed by atoms with Crippen LogP contribution in [0.4, 0.5) is 0 Å². The first kappa shape index (κ1) is 23.0. The Morgan fingerprint density at radius 3 is 2.71 bits per heavy atom. The van der Waals surface area contributed by atoms with Gasteiger partial charge in [0.2, 0.25) is 0 Å². The molecule has 1 amide bonds. The number of ether oxygens (including phenoxy) is 2. The quantitative estimate of drug-likeness (QED) is 0.282. The first-order valence-corrected chi connectivity index (χ1v) is 13.1. The minimum Gasteiger partial charge on any atom is -0.493 e. The summed E-state index contributed by atoms with van der Waals surface area (Å²) >= 11 is 5.43. The number of carbonyl (C=O) groups is 1. The van der Waals surface area contributed by atoms with E-state index in [1.165, 1.54) is 11.1 Å². The minimum absolute atomic E-state index is 0.0550. The number of para-hydroxylation sites is 1. The fraction of sp³-hybridized carbons (Fsp3) is 0.296. The average molecular weight is 539 g/mol. The van der Waals surface area contributed by atoms with Crippen molar-refractivity contribution in [2.45, 2.75) is 32.4 Å². The minimum atomic E-state index is -0.0550. The van der Waals surface area contributed by atoms with Crippen molar-refractivity contribution >= 4 is 44.1 Å². The Hall–Kier alpha value is -2.77. The standard InChI is InChI=1S/C27H27BrN2O3S/c1-4-29-15-20(18-7-5-6-8-22(18)29)27(31)30-12-11-19-21(16-34-26(19)28)23(30)13-17-9-10-24(32-2)25(14-17)33-3/h5-10,14-16,23H,4,11-13H2,1-3H3. The number of carbonyl (C=O) groups excluding carboxylic acids is 1. The van der Waals surface area contributed by atoms with Crippen LogP contribution < -0.4 is 9.47 Å². The molecule has 5 rings (SSSR count). The Kier molecular flexibility index (Phi) is 6.40. The van der Waals surface area contributed by atoms with Crippen molar-refractivity contribution in [3.63, 3.8) is 0 Å². The van der Waals surface area contributed by atoms with Gasteiger partial charge in [0.25, 0.3) is 5.91 Å². The second-order valence-corrected chi connectivity index (χ2v) is 10.6. The number of aromatic nitrogens is 1. The lowest BCUT2D eigenvalue weighted by atomic mass is 9.91. The molecule has 5 nitrogen and oxygen atoms in total. The highest BCUT2D eigenvalue weighted by atomic mass is 79.9. The SMILES string of the molecule is CCn1cc(C(=O)N2CCc3c(csc3Br)C2Cc2ccc(OC)c(OC)c2)c2ccccc21. The van der Waals surface area contributed by atoms with Gasteiger partial charge in [-0.3, -0.25) is 4.79 Å². The van der Waals surface area contributed by atoms with E-state index in [1.54, 1.807) is 25.6 Å². The van der Waals surface area contributed by atoms with Gasteiger partial charge >= 0.3 is 0 Å². The van der Waals surface area contributed by atoms with Crippen LogP contribution >= 0.6 is 27.3 Å². The van der Waals surface area contributed by atoms with Gasteiger partial charge in [0.15, 0.2) is 11.5 Å². The third-order valence-corrected chi connectivity index (χ3v) is 8.58. The van der Waals surface area contributed by atoms with Crippen molar-refractivity contribution < 1.29 is 14.3 Å². The van der Waals surface area contributed by atoms with E-state index in [9.17, 15) is 4.79 Å². The fourth-order valence-corrected chi connectivity index (χ4v) is 6.58. The number of methoxy groups -OCH3 is 2. The molecule has 0 spiro atoms. The Labute approximate surface area is 212 Å². The molecule has 3 heterocycles. The Morgan fingerprint density at radius 1 is 1.15 bits per heavy atom. The van der Waals surface area contributed by atoms with Gasteiger partial charge < -0.3 is 18.9 Å². The summed E-state index contributed by atoms with van der Waals surface area (Å²) < 4.78 is 14.3. The Morgan fingerprint density at radius 2 is 1.94 bits per heavy atom. The lowest BCUT2D eigenvalue weighted by molar-refractivity contribution is 0.0662. The van der Waals surface area contributed by atoms with Gasteiger partial charge in [0.1, 0.15) is 0 Å². The van der Waals surface area contributed by atoms with E-state index in [2.05, 4.69) is 55.9 Å². The van der Waals surface area contributed by atoms with E-state index in [1.807, 2.05) is 30.5 Å². The van der Waals surface area contributed by atoms with Crippen LogP contribution in [-0.4, -0.2) is 36.1 Å². The highest BCUT2D eigenvalue weighted by molar-refractivity contribution is 9.11. The van der Waals surface area contributed by atoms with Crippen molar-refractivity contribution in [1.82, 2.24) is 9.47 Å². The van der Waals surface area contributed by atoms with E-state index in [4.69, 9.17) is 9.47 Å². The molecule has 34 heavy (non-hydrogen) atoms. The fourth-order valence-electron chi connectivity index (χ4n) is 4.98.